The first kappa shape index (κ1) is 14.4. The fourth-order valence-corrected chi connectivity index (χ4v) is 3.21. The van der Waals surface area contributed by atoms with Crippen LogP contribution in [0, 0.1) is 0 Å². The molecule has 1 saturated carbocycles. The van der Waals surface area contributed by atoms with Crippen molar-refractivity contribution in [2.24, 2.45) is 0 Å². The van der Waals surface area contributed by atoms with E-state index in [1.54, 1.807) is 35.4 Å². The second-order valence-electron chi connectivity index (χ2n) is 6.39. The van der Waals surface area contributed by atoms with Crippen molar-refractivity contribution in [3.05, 3.63) is 42.6 Å². The quantitative estimate of drug-likeness (QED) is 0.932. The Morgan fingerprint density at radius 1 is 1.17 bits per heavy atom. The number of piperidine rings is 1. The molecule has 2 fully saturated rings. The van der Waals surface area contributed by atoms with Crippen LogP contribution in [-0.2, 0) is 0 Å². The van der Waals surface area contributed by atoms with Crippen LogP contribution in [0.3, 0.4) is 0 Å². The zero-order chi connectivity index (χ0) is 15.6. The van der Waals surface area contributed by atoms with Gasteiger partial charge in [0.25, 0.3) is 5.91 Å². The van der Waals surface area contributed by atoms with Crippen molar-refractivity contribution in [2.75, 3.05) is 13.1 Å². The number of rotatable bonds is 4. The number of likely N-dealkylation sites (tertiary alicyclic amines) is 1. The molecule has 1 N–H and O–H groups in total. The van der Waals surface area contributed by atoms with Crippen LogP contribution >= 0.6 is 0 Å². The maximum absolute atomic E-state index is 12.5. The topological polar surface area (TPSA) is 63.1 Å². The zero-order valence-corrected chi connectivity index (χ0v) is 13.1. The molecular formula is C17H21N5O. The molecule has 0 aromatic carbocycles. The van der Waals surface area contributed by atoms with Crippen molar-refractivity contribution < 1.29 is 4.79 Å². The highest BCUT2D eigenvalue weighted by molar-refractivity contribution is 5.94. The van der Waals surface area contributed by atoms with Gasteiger partial charge >= 0.3 is 0 Å². The van der Waals surface area contributed by atoms with Gasteiger partial charge in [0.15, 0.2) is 0 Å². The van der Waals surface area contributed by atoms with Gasteiger partial charge in [0.2, 0.25) is 0 Å². The summed E-state index contributed by atoms with van der Waals surface area (Å²) in [6, 6.07) is 4.66. The minimum absolute atomic E-state index is 0.0152. The van der Waals surface area contributed by atoms with Crippen LogP contribution < -0.4 is 5.32 Å². The van der Waals surface area contributed by atoms with Crippen LogP contribution in [-0.4, -0.2) is 50.5 Å². The van der Waals surface area contributed by atoms with Gasteiger partial charge in [-0.3, -0.25) is 9.36 Å². The Kier molecular flexibility index (Phi) is 3.83. The van der Waals surface area contributed by atoms with Crippen molar-refractivity contribution >= 4 is 5.91 Å². The molecule has 1 saturated heterocycles. The Balaban J connectivity index is 1.38. The second-order valence-corrected chi connectivity index (χ2v) is 6.39. The first-order chi connectivity index (χ1) is 11.3. The Morgan fingerprint density at radius 2 is 2.00 bits per heavy atom. The van der Waals surface area contributed by atoms with Gasteiger partial charge < -0.3 is 10.2 Å². The van der Waals surface area contributed by atoms with E-state index in [1.807, 2.05) is 6.20 Å². The highest BCUT2D eigenvalue weighted by Crippen LogP contribution is 2.29. The van der Waals surface area contributed by atoms with Gasteiger partial charge in [-0.05, 0) is 37.8 Å². The molecule has 1 aliphatic carbocycles. The Labute approximate surface area is 135 Å². The molecule has 0 unspecified atom stereocenters. The maximum atomic E-state index is 12.5. The summed E-state index contributed by atoms with van der Waals surface area (Å²) in [5.74, 6) is 0.692. The van der Waals surface area contributed by atoms with Crippen LogP contribution in [0.15, 0.2) is 37.1 Å². The minimum atomic E-state index is -0.0152. The molecule has 2 aromatic heterocycles. The van der Waals surface area contributed by atoms with Crippen LogP contribution in [0.1, 0.15) is 36.0 Å². The fourth-order valence-electron chi connectivity index (χ4n) is 3.21. The van der Waals surface area contributed by atoms with Gasteiger partial charge in [-0.2, -0.15) is 0 Å². The van der Waals surface area contributed by atoms with Gasteiger partial charge in [-0.1, -0.05) is 0 Å². The molecule has 120 valence electrons. The summed E-state index contributed by atoms with van der Waals surface area (Å²) in [6.45, 7) is 2.21. The van der Waals surface area contributed by atoms with E-state index < -0.39 is 0 Å². The largest absolute Gasteiger partial charge is 0.349 e. The van der Waals surface area contributed by atoms with Crippen molar-refractivity contribution in [1.29, 1.82) is 0 Å². The van der Waals surface area contributed by atoms with E-state index in [-0.39, 0.29) is 11.9 Å². The summed E-state index contributed by atoms with van der Waals surface area (Å²) in [5.41, 5.74) is 0.647. The monoisotopic (exact) mass is 311 g/mol. The molecule has 2 aromatic rings. The van der Waals surface area contributed by atoms with E-state index in [9.17, 15) is 4.79 Å². The van der Waals surface area contributed by atoms with E-state index in [1.165, 1.54) is 12.8 Å². The number of hydrogen-bond donors (Lipinski definition) is 1. The fraction of sp³-hybridized carbons (Fsp3) is 0.471. The third-order valence-corrected chi connectivity index (χ3v) is 4.70. The lowest BCUT2D eigenvalue weighted by atomic mass is 10.0. The Hall–Kier alpha value is -2.21. The third-order valence-electron chi connectivity index (χ3n) is 4.70. The van der Waals surface area contributed by atoms with Gasteiger partial charge in [0.1, 0.15) is 12.1 Å². The first-order valence-corrected chi connectivity index (χ1v) is 8.29. The summed E-state index contributed by atoms with van der Waals surface area (Å²) in [6.07, 6.45) is 11.6. The summed E-state index contributed by atoms with van der Waals surface area (Å²) in [4.78, 5) is 23.3. The van der Waals surface area contributed by atoms with Crippen LogP contribution in [0.2, 0.25) is 0 Å². The molecule has 0 spiro atoms. The Bertz CT molecular complexity index is 672. The third kappa shape index (κ3) is 3.27. The molecule has 1 aliphatic heterocycles. The number of pyridine rings is 1. The number of carbonyl (C=O) groups excluding carboxylic acids is 1. The number of nitrogens with zero attached hydrogens (tertiary/aromatic N) is 4. The Morgan fingerprint density at radius 3 is 2.70 bits per heavy atom. The van der Waals surface area contributed by atoms with E-state index in [0.29, 0.717) is 11.4 Å². The average Bonchev–Trinajstić information content (AvgIpc) is 3.29. The number of aromatic nitrogens is 3. The minimum Gasteiger partial charge on any atom is -0.349 e. The highest BCUT2D eigenvalue weighted by atomic mass is 16.1. The van der Waals surface area contributed by atoms with Crippen molar-refractivity contribution in [2.45, 2.75) is 37.8 Å². The first-order valence-electron chi connectivity index (χ1n) is 8.29. The standard InChI is InChI=1S/C17H21N5O/c23-17(20-14-4-8-21(9-5-14)15-1-2-15)13-3-6-19-16(11-13)22-10-7-18-12-22/h3,6-7,10-12,14-15H,1-2,4-5,8-9H2,(H,20,23). The molecule has 3 heterocycles. The molecule has 1 amide bonds. The summed E-state index contributed by atoms with van der Waals surface area (Å²) in [5, 5.41) is 3.17. The molecule has 0 atom stereocenters. The molecule has 23 heavy (non-hydrogen) atoms. The van der Waals surface area contributed by atoms with E-state index in [4.69, 9.17) is 0 Å². The van der Waals surface area contributed by atoms with Crippen molar-refractivity contribution in [3.63, 3.8) is 0 Å². The van der Waals surface area contributed by atoms with Gasteiger partial charge in [-0.25, -0.2) is 9.97 Å². The average molecular weight is 311 g/mol. The highest BCUT2D eigenvalue weighted by Gasteiger charge is 2.32. The van der Waals surface area contributed by atoms with E-state index in [2.05, 4.69) is 20.2 Å². The zero-order valence-electron chi connectivity index (χ0n) is 13.1. The maximum Gasteiger partial charge on any atom is 0.251 e. The smallest absolute Gasteiger partial charge is 0.251 e. The molecule has 6 heteroatoms. The van der Waals surface area contributed by atoms with Crippen LogP contribution in [0.25, 0.3) is 5.82 Å². The van der Waals surface area contributed by atoms with Gasteiger partial charge in [-0.15, -0.1) is 0 Å². The van der Waals surface area contributed by atoms with E-state index >= 15 is 0 Å². The molecular weight excluding hydrogens is 290 g/mol. The van der Waals surface area contributed by atoms with Gasteiger partial charge in [0, 0.05) is 49.3 Å². The molecule has 0 radical (unpaired) electrons. The van der Waals surface area contributed by atoms with Crippen molar-refractivity contribution in [3.8, 4) is 5.82 Å². The lowest BCUT2D eigenvalue weighted by molar-refractivity contribution is 0.0909. The number of carbonyl (C=O) groups is 1. The molecule has 0 bridgehead atoms. The number of amides is 1. The summed E-state index contributed by atoms with van der Waals surface area (Å²) in [7, 11) is 0. The lowest BCUT2D eigenvalue weighted by Gasteiger charge is -2.32. The number of imidazole rings is 1. The summed E-state index contributed by atoms with van der Waals surface area (Å²) >= 11 is 0. The predicted molar refractivity (Wildman–Crippen MR) is 86.4 cm³/mol. The van der Waals surface area contributed by atoms with Crippen LogP contribution in [0.5, 0.6) is 0 Å². The SMILES string of the molecule is O=C(NC1CCN(C2CC2)CC1)c1ccnc(-n2ccnc2)c1. The number of hydrogen-bond acceptors (Lipinski definition) is 4. The predicted octanol–water partition coefficient (Wildman–Crippen LogP) is 1.62. The lowest BCUT2D eigenvalue weighted by Crippen LogP contribution is -2.45. The second kappa shape index (κ2) is 6.12. The van der Waals surface area contributed by atoms with Crippen LogP contribution in [0.4, 0.5) is 0 Å². The molecule has 6 nitrogen and oxygen atoms in total. The molecule has 2 aliphatic rings. The number of nitrogens with one attached hydrogen (secondary N) is 1. The van der Waals surface area contributed by atoms with Gasteiger partial charge in [0.05, 0.1) is 0 Å². The van der Waals surface area contributed by atoms with E-state index in [0.717, 1.165) is 32.0 Å². The summed E-state index contributed by atoms with van der Waals surface area (Å²) < 4.78 is 1.80. The van der Waals surface area contributed by atoms with Crippen molar-refractivity contribution in [1.82, 2.24) is 24.8 Å². The normalized spacial score (nSPS) is 19.7. The molecule has 4 rings (SSSR count).